The van der Waals surface area contributed by atoms with E-state index in [1.807, 2.05) is 11.0 Å². The lowest BCUT2D eigenvalue weighted by Crippen LogP contribution is -2.47. The molecule has 0 spiro atoms. The van der Waals surface area contributed by atoms with Crippen LogP contribution in [0.25, 0.3) is 0 Å². The van der Waals surface area contributed by atoms with Gasteiger partial charge in [-0.2, -0.15) is 0 Å². The van der Waals surface area contributed by atoms with Crippen molar-refractivity contribution < 1.29 is 28.2 Å². The van der Waals surface area contributed by atoms with E-state index in [1.165, 1.54) is 29.2 Å². The standard InChI is InChI=1S/C30H34Cl2FN3O5/c1-34(30(39)41-23-5-3-22(33)4-6-23)27-18-36(17-24(27)21-2-7-25(31)26(32)16-21)29(38)19-8-12-35(13-9-19)28(37)20-10-14-40-15-11-20/h2-7,16,19-20,24,27H,8-15,17-18H2,1H3/t24-,27+/m0/s1. The molecule has 0 aromatic heterocycles. The number of benzene rings is 2. The summed E-state index contributed by atoms with van der Waals surface area (Å²) in [6, 6.07) is 10.2. The number of nitrogens with zero attached hydrogens (tertiary/aromatic N) is 3. The maximum Gasteiger partial charge on any atom is 0.415 e. The third kappa shape index (κ3) is 6.79. The second-order valence-electron chi connectivity index (χ2n) is 11.0. The first-order valence-corrected chi connectivity index (χ1v) is 14.8. The number of hydrogen-bond acceptors (Lipinski definition) is 5. The molecule has 2 aromatic rings. The lowest BCUT2D eigenvalue weighted by molar-refractivity contribution is -0.144. The molecule has 5 rings (SSSR count). The average molecular weight is 607 g/mol. The van der Waals surface area contributed by atoms with Gasteiger partial charge in [0.05, 0.1) is 16.1 Å². The summed E-state index contributed by atoms with van der Waals surface area (Å²) >= 11 is 12.5. The van der Waals surface area contributed by atoms with Crippen molar-refractivity contribution in [2.45, 2.75) is 37.6 Å². The molecule has 3 fully saturated rings. The molecule has 3 saturated heterocycles. The minimum absolute atomic E-state index is 0.00695. The van der Waals surface area contributed by atoms with Crippen LogP contribution in [-0.4, -0.2) is 85.1 Å². The van der Waals surface area contributed by atoms with E-state index in [4.69, 9.17) is 32.7 Å². The van der Waals surface area contributed by atoms with Gasteiger partial charge < -0.3 is 24.2 Å². The van der Waals surface area contributed by atoms with Crippen LogP contribution in [0.3, 0.4) is 0 Å². The number of piperidine rings is 1. The van der Waals surface area contributed by atoms with E-state index in [-0.39, 0.29) is 41.4 Å². The lowest BCUT2D eigenvalue weighted by atomic mass is 9.92. The quantitative estimate of drug-likeness (QED) is 0.467. The maximum atomic E-state index is 13.7. The minimum Gasteiger partial charge on any atom is -0.410 e. The third-order valence-corrected chi connectivity index (χ3v) is 9.24. The molecule has 3 amide bonds. The SMILES string of the molecule is CN(C(=O)Oc1ccc(F)cc1)[C@@H]1CN(C(=O)C2CCN(C(=O)C3CCOCC3)CC2)C[C@H]1c1ccc(Cl)c(Cl)c1. The Morgan fingerprint density at radius 3 is 2.17 bits per heavy atom. The molecule has 0 N–H and O–H groups in total. The van der Waals surface area contributed by atoms with Crippen molar-refractivity contribution in [3.63, 3.8) is 0 Å². The molecule has 0 bridgehead atoms. The van der Waals surface area contributed by atoms with Crippen molar-refractivity contribution in [2.24, 2.45) is 11.8 Å². The fraction of sp³-hybridized carbons (Fsp3) is 0.500. The Labute approximate surface area is 249 Å². The Morgan fingerprint density at radius 2 is 1.51 bits per heavy atom. The van der Waals surface area contributed by atoms with E-state index < -0.39 is 11.9 Å². The summed E-state index contributed by atoms with van der Waals surface area (Å²) in [6.07, 6.45) is 2.10. The van der Waals surface area contributed by atoms with E-state index in [1.54, 1.807) is 24.1 Å². The average Bonchev–Trinajstić information content (AvgIpc) is 3.44. The summed E-state index contributed by atoms with van der Waals surface area (Å²) in [7, 11) is 1.63. The van der Waals surface area contributed by atoms with Crippen LogP contribution in [0.1, 0.15) is 37.2 Å². The number of carbonyl (C=O) groups excluding carboxylic acids is 3. The van der Waals surface area contributed by atoms with Gasteiger partial charge in [-0.15, -0.1) is 0 Å². The first-order valence-electron chi connectivity index (χ1n) is 14.0. The number of amides is 3. The molecule has 0 aliphatic carbocycles. The second kappa shape index (κ2) is 13.0. The highest BCUT2D eigenvalue weighted by Gasteiger charge is 2.43. The highest BCUT2D eigenvalue weighted by molar-refractivity contribution is 6.42. The van der Waals surface area contributed by atoms with Gasteiger partial charge in [0.25, 0.3) is 0 Å². The smallest absolute Gasteiger partial charge is 0.410 e. The number of halogens is 3. The highest BCUT2D eigenvalue weighted by Crippen LogP contribution is 2.36. The summed E-state index contributed by atoms with van der Waals surface area (Å²) in [4.78, 5) is 45.0. The number of hydrogen-bond donors (Lipinski definition) is 0. The maximum absolute atomic E-state index is 13.7. The van der Waals surface area contributed by atoms with Crippen molar-refractivity contribution in [1.29, 1.82) is 0 Å². The summed E-state index contributed by atoms with van der Waals surface area (Å²) in [5.41, 5.74) is 0.859. The van der Waals surface area contributed by atoms with E-state index in [2.05, 4.69) is 0 Å². The number of carbonyl (C=O) groups is 3. The van der Waals surface area contributed by atoms with E-state index in [0.29, 0.717) is 62.3 Å². The number of likely N-dealkylation sites (N-methyl/N-ethyl adjacent to an activating group) is 1. The number of ether oxygens (including phenoxy) is 2. The minimum atomic E-state index is -0.610. The molecule has 0 unspecified atom stereocenters. The fourth-order valence-electron chi connectivity index (χ4n) is 6.05. The van der Waals surface area contributed by atoms with Gasteiger partial charge in [0.2, 0.25) is 11.8 Å². The zero-order valence-electron chi connectivity index (χ0n) is 22.9. The van der Waals surface area contributed by atoms with Gasteiger partial charge in [0, 0.05) is 64.2 Å². The van der Waals surface area contributed by atoms with Crippen molar-refractivity contribution in [2.75, 3.05) is 46.4 Å². The van der Waals surface area contributed by atoms with E-state index >= 15 is 0 Å². The molecule has 220 valence electrons. The largest absolute Gasteiger partial charge is 0.415 e. The second-order valence-corrected chi connectivity index (χ2v) is 11.8. The Kier molecular flexibility index (Phi) is 9.36. The molecule has 3 aliphatic rings. The normalized spacial score (nSPS) is 22.0. The molecule has 2 atom stereocenters. The molecule has 3 aliphatic heterocycles. The third-order valence-electron chi connectivity index (χ3n) is 8.50. The van der Waals surface area contributed by atoms with Gasteiger partial charge in [-0.1, -0.05) is 29.3 Å². The molecule has 8 nitrogen and oxygen atoms in total. The predicted molar refractivity (Wildman–Crippen MR) is 153 cm³/mol. The van der Waals surface area contributed by atoms with Crippen LogP contribution in [0, 0.1) is 17.7 Å². The van der Waals surface area contributed by atoms with Gasteiger partial charge in [0.15, 0.2) is 0 Å². The molecular formula is C30H34Cl2FN3O5. The molecule has 2 aromatic carbocycles. The van der Waals surface area contributed by atoms with Crippen LogP contribution in [0.4, 0.5) is 9.18 Å². The summed E-state index contributed by atoms with van der Waals surface area (Å²) in [6.45, 7) is 3.07. The predicted octanol–water partition coefficient (Wildman–Crippen LogP) is 5.22. The van der Waals surface area contributed by atoms with Crippen molar-refractivity contribution >= 4 is 41.1 Å². The van der Waals surface area contributed by atoms with E-state index in [9.17, 15) is 18.8 Å². The van der Waals surface area contributed by atoms with Crippen molar-refractivity contribution in [3.05, 3.63) is 63.9 Å². The van der Waals surface area contributed by atoms with Crippen molar-refractivity contribution in [3.8, 4) is 5.75 Å². The molecule has 3 heterocycles. The van der Waals surface area contributed by atoms with Crippen LogP contribution in [-0.2, 0) is 14.3 Å². The molecule has 0 radical (unpaired) electrons. The van der Waals surface area contributed by atoms with E-state index in [0.717, 1.165) is 18.4 Å². The first kappa shape index (κ1) is 29.6. The van der Waals surface area contributed by atoms with Gasteiger partial charge >= 0.3 is 6.09 Å². The Bertz CT molecular complexity index is 1270. The zero-order valence-corrected chi connectivity index (χ0v) is 24.5. The monoisotopic (exact) mass is 605 g/mol. The molecule has 0 saturated carbocycles. The van der Waals surface area contributed by atoms with Crippen LogP contribution in [0.2, 0.25) is 10.0 Å². The topological polar surface area (TPSA) is 79.4 Å². The van der Waals surface area contributed by atoms with Gasteiger partial charge in [-0.3, -0.25) is 9.59 Å². The summed E-state index contributed by atoms with van der Waals surface area (Å²) < 4.78 is 24.2. The highest BCUT2D eigenvalue weighted by atomic mass is 35.5. The van der Waals surface area contributed by atoms with Gasteiger partial charge in [0.1, 0.15) is 11.6 Å². The van der Waals surface area contributed by atoms with Crippen LogP contribution < -0.4 is 4.74 Å². The zero-order chi connectivity index (χ0) is 29.1. The fourth-order valence-corrected chi connectivity index (χ4v) is 6.35. The molecular weight excluding hydrogens is 572 g/mol. The molecule has 41 heavy (non-hydrogen) atoms. The van der Waals surface area contributed by atoms with Crippen LogP contribution in [0.5, 0.6) is 5.75 Å². The van der Waals surface area contributed by atoms with Crippen molar-refractivity contribution in [1.82, 2.24) is 14.7 Å². The van der Waals surface area contributed by atoms with Crippen LogP contribution >= 0.6 is 23.2 Å². The first-order chi connectivity index (χ1) is 19.7. The Hall–Kier alpha value is -2.88. The number of likely N-dealkylation sites (tertiary alicyclic amines) is 2. The molecule has 11 heteroatoms. The van der Waals surface area contributed by atoms with Gasteiger partial charge in [-0.25, -0.2) is 9.18 Å². The number of rotatable bonds is 5. The Morgan fingerprint density at radius 1 is 0.878 bits per heavy atom. The lowest BCUT2D eigenvalue weighted by Gasteiger charge is -2.36. The Balaban J connectivity index is 1.27. The van der Waals surface area contributed by atoms with Gasteiger partial charge in [-0.05, 0) is 67.6 Å². The summed E-state index contributed by atoms with van der Waals surface area (Å²) in [5.74, 6) is -0.429. The summed E-state index contributed by atoms with van der Waals surface area (Å²) in [5, 5.41) is 0.815. The van der Waals surface area contributed by atoms with Crippen LogP contribution in [0.15, 0.2) is 42.5 Å².